The molecule has 1 aliphatic rings. The molecule has 1 fully saturated rings. The van der Waals surface area contributed by atoms with Crippen molar-refractivity contribution in [1.82, 2.24) is 10.2 Å². The maximum atomic E-state index is 12.4. The average molecular weight is 359 g/mol. The second-order valence-electron chi connectivity index (χ2n) is 5.80. The van der Waals surface area contributed by atoms with E-state index in [-0.39, 0.29) is 25.1 Å². The molecular weight excluding hydrogens is 340 g/mol. The van der Waals surface area contributed by atoms with Crippen LogP contribution in [0.3, 0.4) is 0 Å². The zero-order valence-corrected chi connectivity index (χ0v) is 14.4. The molecule has 1 atom stereocenters. The molecule has 0 aromatic heterocycles. The predicted molar refractivity (Wildman–Crippen MR) is 95.7 cm³/mol. The van der Waals surface area contributed by atoms with Gasteiger partial charge in [0.1, 0.15) is 18.4 Å². The van der Waals surface area contributed by atoms with Crippen molar-refractivity contribution in [3.63, 3.8) is 0 Å². The first-order valence-corrected chi connectivity index (χ1v) is 8.56. The number of nitrogens with one attached hydrogen (secondary N) is 1. The molecule has 25 heavy (non-hydrogen) atoms. The summed E-state index contributed by atoms with van der Waals surface area (Å²) in [5.41, 5.74) is 1.14. The van der Waals surface area contributed by atoms with E-state index in [9.17, 15) is 9.59 Å². The van der Waals surface area contributed by atoms with Crippen molar-refractivity contribution in [2.24, 2.45) is 0 Å². The molecule has 0 saturated carbocycles. The van der Waals surface area contributed by atoms with Gasteiger partial charge in [-0.15, -0.1) is 0 Å². The molecule has 1 aliphatic heterocycles. The van der Waals surface area contributed by atoms with Crippen LogP contribution in [0, 0.1) is 0 Å². The van der Waals surface area contributed by atoms with Gasteiger partial charge >= 0.3 is 6.03 Å². The summed E-state index contributed by atoms with van der Waals surface area (Å²) in [6, 6.07) is 16.1. The van der Waals surface area contributed by atoms with Gasteiger partial charge in [-0.25, -0.2) is 4.79 Å². The number of hydrogen-bond donors (Lipinski definition) is 1. The Labute approximate surface area is 151 Å². The molecule has 2 aromatic carbocycles. The van der Waals surface area contributed by atoms with E-state index in [1.807, 2.05) is 42.5 Å². The monoisotopic (exact) mass is 358 g/mol. The molecule has 1 saturated heterocycles. The third kappa shape index (κ3) is 4.31. The standard InChI is InChI=1S/C19H19ClN2O3/c20-15-8-4-5-9-17(15)25-13-12-22-18(23)16(21-19(22)24)11-10-14-6-2-1-3-7-14/h1-9,16H,10-13H2,(H,21,24). The summed E-state index contributed by atoms with van der Waals surface area (Å²) in [7, 11) is 0. The van der Waals surface area contributed by atoms with Gasteiger partial charge in [0, 0.05) is 0 Å². The number of benzene rings is 2. The number of hydrogen-bond acceptors (Lipinski definition) is 3. The van der Waals surface area contributed by atoms with E-state index < -0.39 is 6.04 Å². The molecule has 0 aliphatic carbocycles. The summed E-state index contributed by atoms with van der Waals surface area (Å²) in [6.45, 7) is 0.395. The van der Waals surface area contributed by atoms with Gasteiger partial charge in [0.05, 0.1) is 11.6 Å². The van der Waals surface area contributed by atoms with Gasteiger partial charge in [0.2, 0.25) is 0 Å². The van der Waals surface area contributed by atoms with Gasteiger partial charge in [-0.3, -0.25) is 9.69 Å². The molecule has 3 amide bonds. The van der Waals surface area contributed by atoms with Gasteiger partial charge in [0.15, 0.2) is 0 Å². The number of rotatable bonds is 7. The maximum absolute atomic E-state index is 12.4. The Bertz CT molecular complexity index is 751. The van der Waals surface area contributed by atoms with Crippen LogP contribution in [0.2, 0.25) is 5.02 Å². The van der Waals surface area contributed by atoms with Crippen molar-refractivity contribution < 1.29 is 14.3 Å². The first kappa shape index (κ1) is 17.3. The number of aryl methyl sites for hydroxylation is 1. The van der Waals surface area contributed by atoms with E-state index in [1.165, 1.54) is 4.90 Å². The highest BCUT2D eigenvalue weighted by Crippen LogP contribution is 2.23. The fraction of sp³-hybridized carbons (Fsp3) is 0.263. The number of halogens is 1. The second-order valence-corrected chi connectivity index (χ2v) is 6.20. The Morgan fingerprint density at radius 2 is 1.76 bits per heavy atom. The third-order valence-corrected chi connectivity index (χ3v) is 4.39. The molecule has 5 nitrogen and oxygen atoms in total. The van der Waals surface area contributed by atoms with Gasteiger partial charge in [-0.2, -0.15) is 0 Å². The van der Waals surface area contributed by atoms with Crippen LogP contribution in [0.5, 0.6) is 5.75 Å². The lowest BCUT2D eigenvalue weighted by molar-refractivity contribution is -0.127. The van der Waals surface area contributed by atoms with Crippen LogP contribution in [0.15, 0.2) is 54.6 Å². The van der Waals surface area contributed by atoms with E-state index in [0.717, 1.165) is 12.0 Å². The van der Waals surface area contributed by atoms with Crippen LogP contribution in [0.4, 0.5) is 4.79 Å². The van der Waals surface area contributed by atoms with E-state index in [2.05, 4.69) is 5.32 Å². The van der Waals surface area contributed by atoms with E-state index in [1.54, 1.807) is 12.1 Å². The van der Waals surface area contributed by atoms with Crippen molar-refractivity contribution in [3.05, 3.63) is 65.2 Å². The van der Waals surface area contributed by atoms with Crippen molar-refractivity contribution in [2.75, 3.05) is 13.2 Å². The Morgan fingerprint density at radius 3 is 2.52 bits per heavy atom. The lowest BCUT2D eigenvalue weighted by Crippen LogP contribution is -2.35. The molecule has 0 radical (unpaired) electrons. The Morgan fingerprint density at radius 1 is 1.04 bits per heavy atom. The molecule has 2 aromatic rings. The van der Waals surface area contributed by atoms with Crippen LogP contribution in [0.1, 0.15) is 12.0 Å². The van der Waals surface area contributed by atoms with Gasteiger partial charge < -0.3 is 10.1 Å². The molecule has 0 bridgehead atoms. The number of para-hydroxylation sites is 1. The molecule has 1 N–H and O–H groups in total. The minimum Gasteiger partial charge on any atom is -0.490 e. The Balaban J connectivity index is 1.50. The molecule has 130 valence electrons. The molecule has 3 rings (SSSR count). The first-order valence-electron chi connectivity index (χ1n) is 8.18. The Kier molecular flexibility index (Phi) is 5.56. The number of amides is 3. The molecular formula is C19H19ClN2O3. The normalized spacial score (nSPS) is 16.8. The zero-order chi connectivity index (χ0) is 17.6. The molecule has 1 heterocycles. The van der Waals surface area contributed by atoms with Crippen LogP contribution in [0.25, 0.3) is 0 Å². The van der Waals surface area contributed by atoms with E-state index >= 15 is 0 Å². The topological polar surface area (TPSA) is 58.6 Å². The average Bonchev–Trinajstić information content (AvgIpc) is 2.90. The largest absolute Gasteiger partial charge is 0.490 e. The van der Waals surface area contributed by atoms with Gasteiger partial charge in [0.25, 0.3) is 5.91 Å². The van der Waals surface area contributed by atoms with E-state index in [4.69, 9.17) is 16.3 Å². The van der Waals surface area contributed by atoms with Crippen molar-refractivity contribution in [2.45, 2.75) is 18.9 Å². The highest BCUT2D eigenvalue weighted by atomic mass is 35.5. The second kappa shape index (κ2) is 8.03. The van der Waals surface area contributed by atoms with Crippen molar-refractivity contribution in [3.8, 4) is 5.75 Å². The summed E-state index contributed by atoms with van der Waals surface area (Å²) < 4.78 is 5.55. The smallest absolute Gasteiger partial charge is 0.324 e. The lowest BCUT2D eigenvalue weighted by Gasteiger charge is -2.14. The van der Waals surface area contributed by atoms with Crippen molar-refractivity contribution in [1.29, 1.82) is 0 Å². The third-order valence-electron chi connectivity index (χ3n) is 4.08. The maximum Gasteiger partial charge on any atom is 0.324 e. The first-order chi connectivity index (χ1) is 12.1. The lowest BCUT2D eigenvalue weighted by atomic mass is 10.1. The highest BCUT2D eigenvalue weighted by molar-refractivity contribution is 6.32. The highest BCUT2D eigenvalue weighted by Gasteiger charge is 2.37. The Hall–Kier alpha value is -2.53. The fourth-order valence-electron chi connectivity index (χ4n) is 2.75. The van der Waals surface area contributed by atoms with Crippen molar-refractivity contribution >= 4 is 23.5 Å². The minimum absolute atomic E-state index is 0.192. The summed E-state index contributed by atoms with van der Waals surface area (Å²) in [5.74, 6) is 0.334. The van der Waals surface area contributed by atoms with Crippen LogP contribution in [-0.4, -0.2) is 36.0 Å². The summed E-state index contributed by atoms with van der Waals surface area (Å²) in [5, 5.41) is 3.24. The summed E-state index contributed by atoms with van der Waals surface area (Å²) >= 11 is 6.01. The van der Waals surface area contributed by atoms with Crippen LogP contribution in [-0.2, 0) is 11.2 Å². The number of imide groups is 1. The fourth-order valence-corrected chi connectivity index (χ4v) is 2.94. The molecule has 0 spiro atoms. The zero-order valence-electron chi connectivity index (χ0n) is 13.7. The van der Waals surface area contributed by atoms with Gasteiger partial charge in [-0.1, -0.05) is 54.1 Å². The number of ether oxygens (including phenoxy) is 1. The van der Waals surface area contributed by atoms with Crippen LogP contribution >= 0.6 is 11.6 Å². The molecule has 6 heteroatoms. The SMILES string of the molecule is O=C1NC(CCc2ccccc2)C(=O)N1CCOc1ccccc1Cl. The number of urea groups is 1. The quantitative estimate of drug-likeness (QED) is 0.773. The van der Waals surface area contributed by atoms with E-state index in [0.29, 0.717) is 17.2 Å². The molecule has 1 unspecified atom stereocenters. The minimum atomic E-state index is -0.479. The van der Waals surface area contributed by atoms with Crippen LogP contribution < -0.4 is 10.1 Å². The number of carbonyl (C=O) groups is 2. The summed E-state index contributed by atoms with van der Waals surface area (Å²) in [6.07, 6.45) is 1.32. The predicted octanol–water partition coefficient (Wildman–Crippen LogP) is 3.27. The number of carbonyl (C=O) groups excluding carboxylic acids is 2. The van der Waals surface area contributed by atoms with Gasteiger partial charge in [-0.05, 0) is 30.5 Å². The number of nitrogens with zero attached hydrogens (tertiary/aromatic N) is 1. The summed E-state index contributed by atoms with van der Waals surface area (Å²) in [4.78, 5) is 25.6.